The number of benzene rings is 3. The molecule has 1 heterocycles. The summed E-state index contributed by atoms with van der Waals surface area (Å²) in [5.41, 5.74) is 4.51. The first-order valence-electron chi connectivity index (χ1n) is 10.9. The molecule has 1 aromatic heterocycles. The van der Waals surface area contributed by atoms with Gasteiger partial charge in [0.15, 0.2) is 0 Å². The molecule has 0 aliphatic carbocycles. The Morgan fingerprint density at radius 3 is 2.14 bits per heavy atom. The predicted octanol–water partition coefficient (Wildman–Crippen LogP) is 6.18. The normalized spacial score (nSPS) is 11.3. The van der Waals surface area contributed by atoms with E-state index >= 15 is 0 Å². The fourth-order valence-corrected chi connectivity index (χ4v) is 3.89. The van der Waals surface area contributed by atoms with Crippen molar-refractivity contribution in [1.29, 1.82) is 0 Å². The number of anilines is 1. The second-order valence-corrected chi connectivity index (χ2v) is 7.81. The second kappa shape index (κ2) is 10.3. The van der Waals surface area contributed by atoms with Crippen LogP contribution >= 0.6 is 0 Å². The van der Waals surface area contributed by atoms with E-state index in [1.165, 1.54) is 0 Å². The molecule has 0 bridgehead atoms. The summed E-state index contributed by atoms with van der Waals surface area (Å²) in [4.78, 5) is 12.7. The fraction of sp³-hybridized carbons (Fsp3) is 0.179. The molecule has 1 N–H and O–H groups in total. The van der Waals surface area contributed by atoms with Gasteiger partial charge in [-0.25, -0.2) is 0 Å². The van der Waals surface area contributed by atoms with Crippen LogP contribution in [-0.2, 0) is 4.79 Å². The maximum atomic E-state index is 12.7. The van der Waals surface area contributed by atoms with E-state index < -0.39 is 0 Å². The fourth-order valence-electron chi connectivity index (χ4n) is 3.89. The number of hydrogen-bond donors (Lipinski definition) is 1. The number of carbonyl (C=O) groups excluding carboxylic acids is 1. The lowest BCUT2D eigenvalue weighted by Crippen LogP contribution is -2.08. The summed E-state index contributed by atoms with van der Waals surface area (Å²) in [7, 11) is 6.42. The highest BCUT2D eigenvalue weighted by atomic mass is 16.5. The molecule has 0 radical (unpaired) electrons. The number of ether oxygens (including phenoxy) is 4. The summed E-state index contributed by atoms with van der Waals surface area (Å²) in [5, 5.41) is 3.72. The first kappa shape index (κ1) is 23.8. The Labute approximate surface area is 203 Å². The van der Waals surface area contributed by atoms with Gasteiger partial charge in [0.25, 0.3) is 0 Å². The zero-order valence-corrected chi connectivity index (χ0v) is 20.3. The van der Waals surface area contributed by atoms with Crippen molar-refractivity contribution in [3.63, 3.8) is 0 Å². The third-order valence-electron chi connectivity index (χ3n) is 5.72. The largest absolute Gasteiger partial charge is 0.497 e. The number of allylic oxidation sites excluding steroid dienone is 1. The molecule has 180 valence electrons. The number of rotatable bonds is 8. The van der Waals surface area contributed by atoms with Crippen molar-refractivity contribution in [1.82, 2.24) is 0 Å². The molecule has 0 aliphatic rings. The smallest absolute Gasteiger partial charge is 0.248 e. The van der Waals surface area contributed by atoms with Gasteiger partial charge >= 0.3 is 0 Å². The first-order valence-corrected chi connectivity index (χ1v) is 10.9. The Balaban J connectivity index is 1.72. The van der Waals surface area contributed by atoms with Crippen molar-refractivity contribution in [3.8, 4) is 34.1 Å². The minimum Gasteiger partial charge on any atom is -0.497 e. The van der Waals surface area contributed by atoms with E-state index in [1.807, 2.05) is 37.3 Å². The van der Waals surface area contributed by atoms with Gasteiger partial charge < -0.3 is 28.7 Å². The molecule has 0 unspecified atom stereocenters. The minimum atomic E-state index is -0.253. The molecule has 7 nitrogen and oxygen atoms in total. The van der Waals surface area contributed by atoms with Crippen LogP contribution in [0.3, 0.4) is 0 Å². The van der Waals surface area contributed by atoms with E-state index in [9.17, 15) is 4.79 Å². The van der Waals surface area contributed by atoms with Crippen LogP contribution in [0.5, 0.6) is 23.0 Å². The maximum Gasteiger partial charge on any atom is 0.248 e. The van der Waals surface area contributed by atoms with E-state index in [4.69, 9.17) is 23.4 Å². The molecular formula is C28H27NO6. The molecule has 0 saturated heterocycles. The van der Waals surface area contributed by atoms with Crippen molar-refractivity contribution < 1.29 is 28.2 Å². The van der Waals surface area contributed by atoms with E-state index in [-0.39, 0.29) is 5.91 Å². The first-order chi connectivity index (χ1) is 17.0. The molecular weight excluding hydrogens is 446 g/mol. The van der Waals surface area contributed by atoms with Crippen molar-refractivity contribution in [2.45, 2.75) is 6.92 Å². The highest BCUT2D eigenvalue weighted by molar-refractivity contribution is 6.05. The van der Waals surface area contributed by atoms with Crippen LogP contribution in [0.15, 0.2) is 71.4 Å². The molecule has 4 rings (SSSR count). The molecule has 3 aromatic carbocycles. The zero-order valence-electron chi connectivity index (χ0n) is 20.3. The maximum absolute atomic E-state index is 12.7. The Kier molecular flexibility index (Phi) is 6.96. The van der Waals surface area contributed by atoms with Crippen LogP contribution in [0.1, 0.15) is 12.5 Å². The number of hydrogen-bond acceptors (Lipinski definition) is 6. The molecule has 0 aliphatic heterocycles. The summed E-state index contributed by atoms with van der Waals surface area (Å²) in [6, 6.07) is 16.5. The van der Waals surface area contributed by atoms with Gasteiger partial charge in [0, 0.05) is 39.9 Å². The summed E-state index contributed by atoms with van der Waals surface area (Å²) in [5.74, 6) is 2.46. The van der Waals surface area contributed by atoms with Crippen LogP contribution in [0.4, 0.5) is 5.69 Å². The molecule has 0 atom stereocenters. The molecule has 7 heteroatoms. The quantitative estimate of drug-likeness (QED) is 0.308. The molecule has 35 heavy (non-hydrogen) atoms. The third kappa shape index (κ3) is 4.94. The van der Waals surface area contributed by atoms with Gasteiger partial charge in [-0.15, -0.1) is 0 Å². The number of nitrogens with one attached hydrogen (secondary N) is 1. The lowest BCUT2D eigenvalue weighted by Gasteiger charge is -2.12. The Morgan fingerprint density at radius 2 is 1.49 bits per heavy atom. The number of methoxy groups -OCH3 is 4. The van der Waals surface area contributed by atoms with Gasteiger partial charge in [-0.1, -0.05) is 0 Å². The van der Waals surface area contributed by atoms with Gasteiger partial charge in [0.1, 0.15) is 28.6 Å². The van der Waals surface area contributed by atoms with Gasteiger partial charge in [0.05, 0.1) is 34.7 Å². The van der Waals surface area contributed by atoms with E-state index in [2.05, 4.69) is 5.32 Å². The standard InChI is InChI=1S/C28H27NO6/c1-17(12-28(30)29-18-6-8-19(31-2)9-7-18)21-14-23-24(16-35-27(23)15-26(21)34-5)22-13-20(32-3)10-11-25(22)33-4/h6-16H,1-5H3,(H,29,30)/b17-12+. The Bertz CT molecular complexity index is 1380. The highest BCUT2D eigenvalue weighted by Gasteiger charge is 2.18. The van der Waals surface area contributed by atoms with Crippen LogP contribution in [0, 0.1) is 0 Å². The minimum absolute atomic E-state index is 0.253. The van der Waals surface area contributed by atoms with Gasteiger partial charge in [-0.05, 0) is 61.0 Å². The molecule has 4 aromatic rings. The van der Waals surface area contributed by atoms with Crippen LogP contribution < -0.4 is 24.3 Å². The van der Waals surface area contributed by atoms with Crippen molar-refractivity contribution in [2.24, 2.45) is 0 Å². The average molecular weight is 474 g/mol. The molecule has 0 fully saturated rings. The summed E-state index contributed by atoms with van der Waals surface area (Å²) in [6.07, 6.45) is 3.22. The number of carbonyl (C=O) groups is 1. The van der Waals surface area contributed by atoms with Gasteiger partial charge in [-0.3, -0.25) is 4.79 Å². The molecule has 0 saturated carbocycles. The average Bonchev–Trinajstić information content (AvgIpc) is 3.30. The lowest BCUT2D eigenvalue weighted by atomic mass is 9.98. The van der Waals surface area contributed by atoms with Crippen molar-refractivity contribution in [3.05, 3.63) is 72.5 Å². The monoisotopic (exact) mass is 473 g/mol. The summed E-state index contributed by atoms with van der Waals surface area (Å²) in [6.45, 7) is 1.86. The molecule has 1 amide bonds. The number of amides is 1. The summed E-state index contributed by atoms with van der Waals surface area (Å²) < 4.78 is 27.6. The summed E-state index contributed by atoms with van der Waals surface area (Å²) >= 11 is 0. The second-order valence-electron chi connectivity index (χ2n) is 7.81. The topological polar surface area (TPSA) is 79.2 Å². The SMILES string of the molecule is COc1ccc(NC(=O)/C=C(\C)c2cc3c(-c4cc(OC)ccc4OC)coc3cc2OC)cc1. The van der Waals surface area contributed by atoms with Crippen LogP contribution in [0.2, 0.25) is 0 Å². The van der Waals surface area contributed by atoms with Crippen LogP contribution in [-0.4, -0.2) is 34.3 Å². The van der Waals surface area contributed by atoms with E-state index in [0.717, 1.165) is 33.4 Å². The van der Waals surface area contributed by atoms with Crippen molar-refractivity contribution >= 4 is 28.1 Å². The predicted molar refractivity (Wildman–Crippen MR) is 137 cm³/mol. The van der Waals surface area contributed by atoms with E-state index in [1.54, 1.807) is 65.0 Å². The number of fused-ring (bicyclic) bond motifs is 1. The van der Waals surface area contributed by atoms with Gasteiger partial charge in [-0.2, -0.15) is 0 Å². The van der Waals surface area contributed by atoms with Crippen molar-refractivity contribution in [2.75, 3.05) is 33.8 Å². The Hall–Kier alpha value is -4.39. The zero-order chi connectivity index (χ0) is 24.9. The van der Waals surface area contributed by atoms with Crippen LogP contribution in [0.25, 0.3) is 27.7 Å². The highest BCUT2D eigenvalue weighted by Crippen LogP contribution is 2.41. The third-order valence-corrected chi connectivity index (χ3v) is 5.72. The van der Waals surface area contributed by atoms with Gasteiger partial charge in [0.2, 0.25) is 5.91 Å². The Morgan fingerprint density at radius 1 is 0.800 bits per heavy atom. The number of furan rings is 1. The van der Waals surface area contributed by atoms with E-state index in [0.29, 0.717) is 28.5 Å². The lowest BCUT2D eigenvalue weighted by molar-refractivity contribution is -0.111. The molecule has 0 spiro atoms.